The summed E-state index contributed by atoms with van der Waals surface area (Å²) in [6.07, 6.45) is 2.39. The molecule has 0 spiro atoms. The van der Waals surface area contributed by atoms with E-state index in [0.29, 0.717) is 13.0 Å². The van der Waals surface area contributed by atoms with Gasteiger partial charge in [-0.3, -0.25) is 4.79 Å². The van der Waals surface area contributed by atoms with Crippen molar-refractivity contribution in [3.63, 3.8) is 0 Å². The molecule has 1 aromatic carbocycles. The fourth-order valence-electron chi connectivity index (χ4n) is 1.69. The van der Waals surface area contributed by atoms with Crippen molar-refractivity contribution >= 4 is 21.9 Å². The molecule has 1 aromatic rings. The third-order valence-electron chi connectivity index (χ3n) is 3.18. The van der Waals surface area contributed by atoms with Gasteiger partial charge in [0.25, 0.3) is 0 Å². The van der Waals surface area contributed by atoms with Gasteiger partial charge in [-0.05, 0) is 57.7 Å². The van der Waals surface area contributed by atoms with Crippen molar-refractivity contribution in [2.75, 3.05) is 6.61 Å². The number of aryl methyl sites for hydroxylation is 1. The molecule has 0 amide bonds. The van der Waals surface area contributed by atoms with Gasteiger partial charge in [0.05, 0.1) is 12.0 Å². The second-order valence-corrected chi connectivity index (χ2v) is 6.32. The highest BCUT2D eigenvalue weighted by atomic mass is 79.9. The van der Waals surface area contributed by atoms with Gasteiger partial charge in [0.1, 0.15) is 5.75 Å². The van der Waals surface area contributed by atoms with Gasteiger partial charge in [-0.25, -0.2) is 0 Å². The first-order chi connectivity index (χ1) is 8.83. The van der Waals surface area contributed by atoms with E-state index in [1.54, 1.807) is 13.8 Å². The maximum atomic E-state index is 11.0. The van der Waals surface area contributed by atoms with Crippen LogP contribution in [0.25, 0.3) is 0 Å². The van der Waals surface area contributed by atoms with E-state index in [1.807, 2.05) is 25.1 Å². The number of aliphatic carboxylic acids is 1. The Hall–Kier alpha value is -1.03. The predicted molar refractivity (Wildman–Crippen MR) is 79.6 cm³/mol. The normalized spacial score (nSPS) is 11.4. The molecule has 0 atom stereocenters. The minimum Gasteiger partial charge on any atom is -0.493 e. The monoisotopic (exact) mass is 328 g/mol. The topological polar surface area (TPSA) is 46.5 Å². The number of halogens is 1. The van der Waals surface area contributed by atoms with Crippen LogP contribution in [0.15, 0.2) is 22.7 Å². The number of carboxylic acids is 1. The van der Waals surface area contributed by atoms with Crippen molar-refractivity contribution in [1.29, 1.82) is 0 Å². The zero-order valence-corrected chi connectivity index (χ0v) is 13.3. The summed E-state index contributed by atoms with van der Waals surface area (Å²) in [6.45, 7) is 6.14. The molecule has 106 valence electrons. The Kier molecular flexibility index (Phi) is 5.85. The zero-order valence-electron chi connectivity index (χ0n) is 11.7. The number of benzene rings is 1. The number of ether oxygens (including phenoxy) is 1. The molecule has 4 heteroatoms. The van der Waals surface area contributed by atoms with Gasteiger partial charge in [0.2, 0.25) is 0 Å². The van der Waals surface area contributed by atoms with E-state index in [9.17, 15) is 4.79 Å². The molecule has 0 aliphatic carbocycles. The molecule has 0 fully saturated rings. The molecule has 19 heavy (non-hydrogen) atoms. The lowest BCUT2D eigenvalue weighted by Crippen LogP contribution is -2.23. The Morgan fingerprint density at radius 1 is 1.37 bits per heavy atom. The summed E-state index contributed by atoms with van der Waals surface area (Å²) in [4.78, 5) is 11.0. The summed E-state index contributed by atoms with van der Waals surface area (Å²) in [5.41, 5.74) is 0.458. The van der Waals surface area contributed by atoms with Crippen molar-refractivity contribution < 1.29 is 14.6 Å². The SMILES string of the molecule is Cc1ccc(Br)cc1OCCCCC(C)(C)C(=O)O. The Morgan fingerprint density at radius 3 is 2.68 bits per heavy atom. The third kappa shape index (κ3) is 5.23. The second-order valence-electron chi connectivity index (χ2n) is 5.40. The highest BCUT2D eigenvalue weighted by Crippen LogP contribution is 2.25. The summed E-state index contributed by atoms with van der Waals surface area (Å²) in [6, 6.07) is 5.95. The van der Waals surface area contributed by atoms with E-state index in [-0.39, 0.29) is 0 Å². The summed E-state index contributed by atoms with van der Waals surface area (Å²) < 4.78 is 6.72. The number of rotatable bonds is 7. The van der Waals surface area contributed by atoms with Crippen molar-refractivity contribution in [2.24, 2.45) is 5.41 Å². The lowest BCUT2D eigenvalue weighted by Gasteiger charge is -2.18. The van der Waals surface area contributed by atoms with Crippen molar-refractivity contribution in [3.8, 4) is 5.75 Å². The van der Waals surface area contributed by atoms with Crippen LogP contribution in [0.5, 0.6) is 5.75 Å². The molecule has 0 saturated heterocycles. The molecule has 0 unspecified atom stereocenters. The van der Waals surface area contributed by atoms with Crippen LogP contribution in [-0.2, 0) is 4.79 Å². The second kappa shape index (κ2) is 6.94. The molecule has 0 aliphatic rings. The molecular weight excluding hydrogens is 308 g/mol. The molecule has 0 aliphatic heterocycles. The molecule has 0 saturated carbocycles. The zero-order chi connectivity index (χ0) is 14.5. The number of hydrogen-bond donors (Lipinski definition) is 1. The minimum atomic E-state index is -0.740. The summed E-state index contributed by atoms with van der Waals surface area (Å²) in [5.74, 6) is 0.142. The van der Waals surface area contributed by atoms with Crippen LogP contribution in [0.4, 0.5) is 0 Å². The van der Waals surface area contributed by atoms with Crippen LogP contribution in [0, 0.1) is 12.3 Å². The number of carboxylic acid groups (broad SMARTS) is 1. The Bertz CT molecular complexity index is 441. The smallest absolute Gasteiger partial charge is 0.309 e. The molecule has 0 heterocycles. The molecule has 0 aromatic heterocycles. The first-order valence-electron chi connectivity index (χ1n) is 6.45. The van der Waals surface area contributed by atoms with Crippen LogP contribution in [0.1, 0.15) is 38.7 Å². The van der Waals surface area contributed by atoms with E-state index in [0.717, 1.165) is 28.6 Å². The maximum absolute atomic E-state index is 11.0. The molecular formula is C15H21BrO3. The van der Waals surface area contributed by atoms with Gasteiger partial charge in [0.15, 0.2) is 0 Å². The van der Waals surface area contributed by atoms with Crippen molar-refractivity contribution in [2.45, 2.75) is 40.0 Å². The highest BCUT2D eigenvalue weighted by molar-refractivity contribution is 9.10. The lowest BCUT2D eigenvalue weighted by molar-refractivity contribution is -0.147. The molecule has 1 rings (SSSR count). The average Bonchev–Trinajstić information content (AvgIpc) is 2.32. The number of unbranched alkanes of at least 4 members (excludes halogenated alkanes) is 1. The molecule has 1 N–H and O–H groups in total. The van der Waals surface area contributed by atoms with Gasteiger partial charge >= 0.3 is 5.97 Å². The van der Waals surface area contributed by atoms with Gasteiger partial charge in [-0.2, -0.15) is 0 Å². The van der Waals surface area contributed by atoms with Crippen LogP contribution in [0.2, 0.25) is 0 Å². The van der Waals surface area contributed by atoms with Gasteiger partial charge in [-0.15, -0.1) is 0 Å². The van der Waals surface area contributed by atoms with Crippen LogP contribution < -0.4 is 4.74 Å². The molecule has 3 nitrogen and oxygen atoms in total. The largest absolute Gasteiger partial charge is 0.493 e. The van der Waals surface area contributed by atoms with E-state index < -0.39 is 11.4 Å². The maximum Gasteiger partial charge on any atom is 0.309 e. The Balaban J connectivity index is 2.32. The first kappa shape index (κ1) is 16.0. The van der Waals surface area contributed by atoms with Crippen LogP contribution >= 0.6 is 15.9 Å². The Labute approximate surface area is 123 Å². The molecule has 0 bridgehead atoms. The first-order valence-corrected chi connectivity index (χ1v) is 7.24. The Morgan fingerprint density at radius 2 is 2.05 bits per heavy atom. The van der Waals surface area contributed by atoms with Gasteiger partial charge in [0, 0.05) is 4.47 Å². The summed E-state index contributed by atoms with van der Waals surface area (Å²) >= 11 is 3.42. The third-order valence-corrected chi connectivity index (χ3v) is 3.68. The fraction of sp³-hybridized carbons (Fsp3) is 0.533. The fourth-order valence-corrected chi connectivity index (χ4v) is 2.03. The van der Waals surface area contributed by atoms with E-state index in [4.69, 9.17) is 9.84 Å². The van der Waals surface area contributed by atoms with Crippen LogP contribution in [-0.4, -0.2) is 17.7 Å². The minimum absolute atomic E-state index is 0.618. The van der Waals surface area contributed by atoms with Gasteiger partial charge < -0.3 is 9.84 Å². The quantitative estimate of drug-likeness (QED) is 0.754. The molecule has 0 radical (unpaired) electrons. The predicted octanol–water partition coefficient (Wildman–Crippen LogP) is 4.42. The number of carbonyl (C=O) groups is 1. The lowest BCUT2D eigenvalue weighted by atomic mass is 9.87. The van der Waals surface area contributed by atoms with Crippen molar-refractivity contribution in [1.82, 2.24) is 0 Å². The van der Waals surface area contributed by atoms with Gasteiger partial charge in [-0.1, -0.05) is 22.0 Å². The van der Waals surface area contributed by atoms with E-state index >= 15 is 0 Å². The van der Waals surface area contributed by atoms with Crippen molar-refractivity contribution in [3.05, 3.63) is 28.2 Å². The summed E-state index contributed by atoms with van der Waals surface area (Å²) in [5, 5.41) is 9.01. The summed E-state index contributed by atoms with van der Waals surface area (Å²) in [7, 11) is 0. The number of hydrogen-bond acceptors (Lipinski definition) is 2. The standard InChI is InChI=1S/C15H21BrO3/c1-11-6-7-12(16)10-13(11)19-9-5-4-8-15(2,3)14(17)18/h6-7,10H,4-5,8-9H2,1-3H3,(H,17,18). The van der Waals surface area contributed by atoms with E-state index in [2.05, 4.69) is 15.9 Å². The van der Waals surface area contributed by atoms with E-state index in [1.165, 1.54) is 0 Å². The van der Waals surface area contributed by atoms with Crippen LogP contribution in [0.3, 0.4) is 0 Å². The average molecular weight is 329 g/mol. The highest BCUT2D eigenvalue weighted by Gasteiger charge is 2.25.